The van der Waals surface area contributed by atoms with Gasteiger partial charge in [0.2, 0.25) is 0 Å². The quantitative estimate of drug-likeness (QED) is 0.469. The minimum absolute atomic E-state index is 0.131. The molecule has 1 aliphatic carbocycles. The summed E-state index contributed by atoms with van der Waals surface area (Å²) in [5.41, 5.74) is 12.4. The topological polar surface area (TPSA) is 48.1 Å². The zero-order chi connectivity index (χ0) is 20.1. The van der Waals surface area contributed by atoms with Gasteiger partial charge in [-0.15, -0.1) is 11.3 Å². The molecule has 0 fully saturated rings. The Labute approximate surface area is 172 Å². The van der Waals surface area contributed by atoms with Crippen LogP contribution in [0.4, 0.5) is 0 Å². The van der Waals surface area contributed by atoms with Crippen LogP contribution in [0.25, 0.3) is 16.0 Å². The number of nitrogens with zero attached hydrogens (tertiary/aromatic N) is 1. The summed E-state index contributed by atoms with van der Waals surface area (Å²) >= 11 is 1.74. The van der Waals surface area contributed by atoms with Gasteiger partial charge in [0.05, 0.1) is 16.7 Å². The van der Waals surface area contributed by atoms with Crippen LogP contribution in [0.3, 0.4) is 0 Å². The molecule has 2 N–H and O–H groups in total. The lowest BCUT2D eigenvalue weighted by Gasteiger charge is -2.13. The zero-order valence-electron chi connectivity index (χ0n) is 17.3. The first kappa shape index (κ1) is 20.6. The molecule has 2 aromatic rings. The van der Waals surface area contributed by atoms with Crippen LogP contribution in [0.15, 0.2) is 54.0 Å². The Hall–Kier alpha value is -2.17. The van der Waals surface area contributed by atoms with Crippen LogP contribution in [0.2, 0.25) is 0 Å². The van der Waals surface area contributed by atoms with Crippen molar-refractivity contribution in [2.75, 3.05) is 6.54 Å². The van der Waals surface area contributed by atoms with Gasteiger partial charge in [-0.1, -0.05) is 30.4 Å². The highest BCUT2D eigenvalue weighted by Gasteiger charge is 2.17. The first-order valence-corrected chi connectivity index (χ1v) is 10.8. The molecule has 148 valence electrons. The standard InChI is InChI=1S/C24H30N2OS/c1-5-8-19(13-20(14-25)17(4)27-16(2)3)24-26-15-23(28-24)22-12-7-10-18-9-6-11-21(18)22/h5,7-8,10,12-13,15-16H,6,9,11,14,25H2,1-4H3/b8-5-,19-13+,20-17-. The summed E-state index contributed by atoms with van der Waals surface area (Å²) in [6, 6.07) is 6.66. The molecule has 4 heteroatoms. The molecule has 1 heterocycles. The lowest BCUT2D eigenvalue weighted by atomic mass is 10.0. The van der Waals surface area contributed by atoms with E-state index in [1.54, 1.807) is 11.3 Å². The van der Waals surface area contributed by atoms with E-state index in [1.807, 2.05) is 40.0 Å². The number of ether oxygens (including phenoxy) is 1. The molecule has 0 unspecified atom stereocenters. The minimum atomic E-state index is 0.131. The number of benzene rings is 1. The molecule has 0 saturated carbocycles. The first-order valence-electron chi connectivity index (χ1n) is 10.0. The van der Waals surface area contributed by atoms with E-state index in [0.29, 0.717) is 6.54 Å². The van der Waals surface area contributed by atoms with Crippen LogP contribution in [0.5, 0.6) is 0 Å². The van der Waals surface area contributed by atoms with Crippen LogP contribution in [-0.2, 0) is 17.6 Å². The van der Waals surface area contributed by atoms with Crippen LogP contribution < -0.4 is 5.73 Å². The molecular weight excluding hydrogens is 364 g/mol. The molecule has 3 rings (SSSR count). The Balaban J connectivity index is 1.98. The molecular formula is C24H30N2OS. The molecule has 28 heavy (non-hydrogen) atoms. The summed E-state index contributed by atoms with van der Waals surface area (Å²) in [5, 5.41) is 1.01. The zero-order valence-corrected chi connectivity index (χ0v) is 18.1. The highest BCUT2D eigenvalue weighted by Crippen LogP contribution is 2.37. The fraction of sp³-hybridized carbons (Fsp3) is 0.375. The van der Waals surface area contributed by atoms with Gasteiger partial charge in [0.15, 0.2) is 0 Å². The first-order chi connectivity index (χ1) is 13.5. The lowest BCUT2D eigenvalue weighted by Crippen LogP contribution is -2.08. The van der Waals surface area contributed by atoms with E-state index in [9.17, 15) is 0 Å². The summed E-state index contributed by atoms with van der Waals surface area (Å²) in [4.78, 5) is 5.97. The second-order valence-corrected chi connectivity index (χ2v) is 8.41. The predicted octanol–water partition coefficient (Wildman–Crippen LogP) is 5.92. The highest BCUT2D eigenvalue weighted by atomic mass is 32.1. The van der Waals surface area contributed by atoms with Gasteiger partial charge >= 0.3 is 0 Å². The van der Waals surface area contributed by atoms with E-state index in [4.69, 9.17) is 15.5 Å². The summed E-state index contributed by atoms with van der Waals surface area (Å²) in [5.74, 6) is 0.872. The SMILES string of the molecule is C\C=C/C(=C\C(CN)=C(/C)OC(C)C)c1ncc(-c2cccc3c2CCC3)s1. The number of nitrogens with two attached hydrogens (primary N) is 1. The third kappa shape index (κ3) is 4.62. The number of rotatable bonds is 7. The van der Waals surface area contributed by atoms with Crippen molar-refractivity contribution < 1.29 is 4.74 Å². The molecule has 0 amide bonds. The van der Waals surface area contributed by atoms with Gasteiger partial charge in [0.25, 0.3) is 0 Å². The maximum absolute atomic E-state index is 6.01. The number of aromatic nitrogens is 1. The van der Waals surface area contributed by atoms with Crippen molar-refractivity contribution in [3.05, 3.63) is 70.1 Å². The molecule has 0 spiro atoms. The number of fused-ring (bicyclic) bond motifs is 1. The average molecular weight is 395 g/mol. The number of aryl methyl sites for hydroxylation is 1. The Morgan fingerprint density at radius 3 is 2.86 bits per heavy atom. The van der Waals surface area contributed by atoms with Crippen molar-refractivity contribution in [2.45, 2.75) is 53.1 Å². The average Bonchev–Trinajstić information content (AvgIpc) is 3.33. The van der Waals surface area contributed by atoms with Crippen molar-refractivity contribution in [3.63, 3.8) is 0 Å². The fourth-order valence-electron chi connectivity index (χ4n) is 3.66. The summed E-state index contributed by atoms with van der Waals surface area (Å²) in [6.45, 7) is 8.49. The van der Waals surface area contributed by atoms with Gasteiger partial charge < -0.3 is 10.5 Å². The van der Waals surface area contributed by atoms with Gasteiger partial charge in [-0.25, -0.2) is 4.98 Å². The summed E-state index contributed by atoms with van der Waals surface area (Å²) in [6.07, 6.45) is 12.0. The van der Waals surface area contributed by atoms with Crippen molar-refractivity contribution >= 4 is 16.9 Å². The van der Waals surface area contributed by atoms with E-state index in [-0.39, 0.29) is 6.10 Å². The second-order valence-electron chi connectivity index (χ2n) is 7.38. The monoisotopic (exact) mass is 394 g/mol. The lowest BCUT2D eigenvalue weighted by molar-refractivity contribution is 0.147. The molecule has 0 atom stereocenters. The third-order valence-electron chi connectivity index (χ3n) is 4.92. The highest BCUT2D eigenvalue weighted by molar-refractivity contribution is 7.16. The van der Waals surface area contributed by atoms with Crippen LogP contribution in [0.1, 0.15) is 50.3 Å². The molecule has 0 aliphatic heterocycles. The van der Waals surface area contributed by atoms with E-state index in [2.05, 4.69) is 30.4 Å². The second kappa shape index (κ2) is 9.35. The molecule has 1 aliphatic rings. The number of hydrogen-bond donors (Lipinski definition) is 1. The Bertz CT molecular complexity index is 918. The molecule has 1 aromatic heterocycles. The fourth-order valence-corrected chi connectivity index (χ4v) is 4.63. The van der Waals surface area contributed by atoms with Crippen molar-refractivity contribution in [1.29, 1.82) is 0 Å². The smallest absolute Gasteiger partial charge is 0.123 e. The maximum atomic E-state index is 6.01. The van der Waals surface area contributed by atoms with E-state index >= 15 is 0 Å². The normalized spacial score (nSPS) is 15.3. The third-order valence-corrected chi connectivity index (χ3v) is 6.00. The molecule has 0 bridgehead atoms. The maximum Gasteiger partial charge on any atom is 0.123 e. The number of thiazole rings is 1. The van der Waals surface area contributed by atoms with E-state index in [0.717, 1.165) is 21.9 Å². The Morgan fingerprint density at radius 2 is 2.14 bits per heavy atom. The molecule has 3 nitrogen and oxygen atoms in total. The minimum Gasteiger partial charge on any atom is -0.495 e. The van der Waals surface area contributed by atoms with E-state index in [1.165, 1.54) is 40.8 Å². The van der Waals surface area contributed by atoms with Gasteiger partial charge in [0.1, 0.15) is 5.01 Å². The van der Waals surface area contributed by atoms with Gasteiger partial charge in [-0.05, 0) is 69.7 Å². The number of allylic oxidation sites excluding steroid dienone is 4. The van der Waals surface area contributed by atoms with Crippen LogP contribution in [0, 0.1) is 0 Å². The summed E-state index contributed by atoms with van der Waals surface area (Å²) in [7, 11) is 0. The van der Waals surface area contributed by atoms with Crippen molar-refractivity contribution in [3.8, 4) is 10.4 Å². The van der Waals surface area contributed by atoms with E-state index < -0.39 is 0 Å². The predicted molar refractivity (Wildman–Crippen MR) is 120 cm³/mol. The molecule has 0 saturated heterocycles. The Morgan fingerprint density at radius 1 is 1.32 bits per heavy atom. The van der Waals surface area contributed by atoms with Crippen molar-refractivity contribution in [1.82, 2.24) is 4.98 Å². The van der Waals surface area contributed by atoms with Gasteiger partial charge in [0, 0.05) is 23.9 Å². The Kier molecular flexibility index (Phi) is 6.87. The van der Waals surface area contributed by atoms with Crippen LogP contribution >= 0.6 is 11.3 Å². The van der Waals surface area contributed by atoms with Gasteiger partial charge in [-0.3, -0.25) is 0 Å². The van der Waals surface area contributed by atoms with Crippen molar-refractivity contribution in [2.24, 2.45) is 5.73 Å². The molecule has 1 aromatic carbocycles. The van der Waals surface area contributed by atoms with Gasteiger partial charge in [-0.2, -0.15) is 0 Å². The summed E-state index contributed by atoms with van der Waals surface area (Å²) < 4.78 is 5.86. The van der Waals surface area contributed by atoms with Crippen LogP contribution in [-0.4, -0.2) is 17.6 Å². The number of hydrogen-bond acceptors (Lipinski definition) is 4. The molecule has 0 radical (unpaired) electrons. The largest absolute Gasteiger partial charge is 0.495 e.